The van der Waals surface area contributed by atoms with Gasteiger partial charge in [-0.15, -0.1) is 0 Å². The van der Waals surface area contributed by atoms with Crippen molar-refractivity contribution >= 4 is 23.2 Å². The monoisotopic (exact) mass is 468 g/mol. The van der Waals surface area contributed by atoms with Crippen LogP contribution in [0.25, 0.3) is 11.1 Å². The number of anilines is 1. The van der Waals surface area contributed by atoms with Crippen LogP contribution in [-0.2, 0) is 11.2 Å². The molecule has 5 rings (SSSR count). The third-order valence-corrected chi connectivity index (χ3v) is 6.64. The Balaban J connectivity index is 1.59. The maximum absolute atomic E-state index is 13.6. The Labute approximate surface area is 204 Å². The summed E-state index contributed by atoms with van der Waals surface area (Å²) in [5.41, 5.74) is 4.91. The van der Waals surface area contributed by atoms with Crippen LogP contribution < -0.4 is 10.6 Å². The van der Waals surface area contributed by atoms with Crippen LogP contribution in [0.15, 0.2) is 97.1 Å². The van der Waals surface area contributed by atoms with Gasteiger partial charge in [0.2, 0.25) is 5.91 Å². The van der Waals surface area contributed by atoms with E-state index >= 15 is 0 Å². The Morgan fingerprint density at radius 1 is 0.912 bits per heavy atom. The molecule has 0 bridgehead atoms. The minimum atomic E-state index is -0.918. The zero-order valence-corrected chi connectivity index (χ0v) is 19.5. The van der Waals surface area contributed by atoms with Gasteiger partial charge in [0.25, 0.3) is 0 Å². The molecule has 4 nitrogen and oxygen atoms in total. The van der Waals surface area contributed by atoms with Gasteiger partial charge < -0.3 is 10.4 Å². The lowest BCUT2D eigenvalue weighted by molar-refractivity contribution is -0.121. The number of benzene rings is 4. The Kier molecular flexibility index (Phi) is 5.86. The van der Waals surface area contributed by atoms with Crippen molar-refractivity contribution in [3.05, 3.63) is 119 Å². The third kappa shape index (κ3) is 4.30. The first kappa shape index (κ1) is 22.2. The number of amides is 1. The summed E-state index contributed by atoms with van der Waals surface area (Å²) in [6, 6.07) is 30.6. The van der Waals surface area contributed by atoms with E-state index in [-0.39, 0.29) is 17.7 Å². The Morgan fingerprint density at radius 2 is 1.62 bits per heavy atom. The van der Waals surface area contributed by atoms with Gasteiger partial charge >= 0.3 is 0 Å². The normalized spacial score (nSPS) is 19.7. The second kappa shape index (κ2) is 8.98. The van der Waals surface area contributed by atoms with Gasteiger partial charge in [0.05, 0.1) is 6.04 Å². The van der Waals surface area contributed by atoms with Crippen molar-refractivity contribution in [2.75, 3.05) is 5.32 Å². The summed E-state index contributed by atoms with van der Waals surface area (Å²) < 4.78 is 0. The van der Waals surface area contributed by atoms with Crippen LogP contribution in [0.4, 0.5) is 5.69 Å². The van der Waals surface area contributed by atoms with Gasteiger partial charge in [0, 0.05) is 10.7 Å². The molecule has 4 aromatic carbocycles. The van der Waals surface area contributed by atoms with Crippen LogP contribution >= 0.6 is 11.6 Å². The van der Waals surface area contributed by atoms with Crippen molar-refractivity contribution in [3.63, 3.8) is 0 Å². The van der Waals surface area contributed by atoms with E-state index in [0.717, 1.165) is 33.5 Å². The summed E-state index contributed by atoms with van der Waals surface area (Å²) in [6.07, 6.45) is 0.486. The van der Waals surface area contributed by atoms with Crippen LogP contribution in [0.2, 0.25) is 5.02 Å². The number of halogens is 1. The van der Waals surface area contributed by atoms with E-state index < -0.39 is 5.54 Å². The largest absolute Gasteiger partial charge is 0.508 e. The van der Waals surface area contributed by atoms with Crippen molar-refractivity contribution < 1.29 is 9.90 Å². The highest BCUT2D eigenvalue weighted by Gasteiger charge is 2.40. The summed E-state index contributed by atoms with van der Waals surface area (Å²) in [6.45, 7) is 1.94. The predicted octanol–water partition coefficient (Wildman–Crippen LogP) is 6.35. The predicted molar refractivity (Wildman–Crippen MR) is 137 cm³/mol. The zero-order chi connectivity index (χ0) is 23.7. The molecule has 3 N–H and O–H groups in total. The fraction of sp³-hybridized carbons (Fsp3) is 0.138. The molecule has 2 unspecified atom stereocenters. The lowest BCUT2D eigenvalue weighted by Crippen LogP contribution is -2.53. The van der Waals surface area contributed by atoms with Crippen LogP contribution in [0.1, 0.15) is 29.7 Å². The highest BCUT2D eigenvalue weighted by molar-refractivity contribution is 6.30. The lowest BCUT2D eigenvalue weighted by atomic mass is 9.86. The summed E-state index contributed by atoms with van der Waals surface area (Å²) in [4.78, 5) is 13.6. The van der Waals surface area contributed by atoms with E-state index in [1.54, 1.807) is 18.2 Å². The van der Waals surface area contributed by atoms with Crippen molar-refractivity contribution in [2.24, 2.45) is 0 Å². The second-order valence-electron chi connectivity index (χ2n) is 8.89. The van der Waals surface area contributed by atoms with E-state index in [0.29, 0.717) is 11.4 Å². The summed E-state index contributed by atoms with van der Waals surface area (Å²) in [7, 11) is 0. The Hall–Kier alpha value is -3.60. The van der Waals surface area contributed by atoms with E-state index in [4.69, 9.17) is 11.6 Å². The number of aromatic hydroxyl groups is 1. The summed E-state index contributed by atoms with van der Waals surface area (Å²) in [5.74, 6) is 0.0812. The quantitative estimate of drug-likeness (QED) is 0.327. The average molecular weight is 469 g/mol. The minimum absolute atomic E-state index is 0.111. The molecule has 1 aliphatic heterocycles. The smallest absolute Gasteiger partial charge is 0.244 e. The van der Waals surface area contributed by atoms with Gasteiger partial charge in [-0.3, -0.25) is 10.1 Å². The fourth-order valence-electron chi connectivity index (χ4n) is 4.62. The van der Waals surface area contributed by atoms with Gasteiger partial charge in [-0.1, -0.05) is 78.3 Å². The molecule has 0 aromatic heterocycles. The van der Waals surface area contributed by atoms with Crippen molar-refractivity contribution in [2.45, 2.75) is 24.9 Å². The molecule has 0 fully saturated rings. The molecule has 1 aliphatic rings. The minimum Gasteiger partial charge on any atom is -0.508 e. The number of carbonyl (C=O) groups is 1. The van der Waals surface area contributed by atoms with Crippen molar-refractivity contribution in [1.29, 1.82) is 0 Å². The molecule has 0 spiro atoms. The van der Waals surface area contributed by atoms with Gasteiger partial charge in [-0.05, 0) is 71.5 Å². The zero-order valence-electron chi connectivity index (χ0n) is 18.8. The van der Waals surface area contributed by atoms with E-state index in [2.05, 4.69) is 34.9 Å². The standard InChI is InChI=1S/C29H25ClN2O2/c1-29(18-21-9-5-6-10-24(21)19-7-3-2-4-8-19)28(34)31-26-16-13-22(30)17-25(26)27(32-29)20-11-14-23(33)15-12-20/h2-17,27,32-33H,18H2,1H3,(H,31,34). The summed E-state index contributed by atoms with van der Waals surface area (Å²) >= 11 is 6.35. The van der Waals surface area contributed by atoms with Crippen molar-refractivity contribution in [3.8, 4) is 16.9 Å². The molecular formula is C29H25ClN2O2. The fourth-order valence-corrected chi connectivity index (χ4v) is 4.80. The number of phenolic OH excluding ortho intramolecular Hbond substituents is 1. The summed E-state index contributed by atoms with van der Waals surface area (Å²) in [5, 5.41) is 17.2. The number of fused-ring (bicyclic) bond motifs is 1. The number of hydrogen-bond donors (Lipinski definition) is 3. The molecule has 1 amide bonds. The van der Waals surface area contributed by atoms with E-state index in [1.807, 2.05) is 61.5 Å². The van der Waals surface area contributed by atoms with Gasteiger partial charge in [-0.25, -0.2) is 0 Å². The van der Waals surface area contributed by atoms with Gasteiger partial charge in [-0.2, -0.15) is 0 Å². The molecule has 170 valence electrons. The molecule has 34 heavy (non-hydrogen) atoms. The molecular weight excluding hydrogens is 444 g/mol. The maximum Gasteiger partial charge on any atom is 0.244 e. The highest BCUT2D eigenvalue weighted by Crippen LogP contribution is 2.37. The SMILES string of the molecule is CC1(Cc2ccccc2-c2ccccc2)NC(c2ccc(O)cc2)c2cc(Cl)ccc2NC1=O. The van der Waals surface area contributed by atoms with E-state index in [9.17, 15) is 9.90 Å². The molecule has 1 heterocycles. The Morgan fingerprint density at radius 3 is 2.38 bits per heavy atom. The number of hydrogen-bond acceptors (Lipinski definition) is 3. The number of carbonyl (C=O) groups excluding carboxylic acids is 1. The van der Waals surface area contributed by atoms with Crippen LogP contribution in [-0.4, -0.2) is 16.6 Å². The number of phenols is 1. The average Bonchev–Trinajstić information content (AvgIpc) is 2.95. The number of nitrogens with one attached hydrogen (secondary N) is 2. The molecule has 0 radical (unpaired) electrons. The first-order valence-electron chi connectivity index (χ1n) is 11.2. The van der Waals surface area contributed by atoms with Gasteiger partial charge in [0.1, 0.15) is 11.3 Å². The number of rotatable bonds is 4. The molecule has 0 saturated heterocycles. The van der Waals surface area contributed by atoms with Crippen LogP contribution in [0.3, 0.4) is 0 Å². The third-order valence-electron chi connectivity index (χ3n) is 6.41. The highest BCUT2D eigenvalue weighted by atomic mass is 35.5. The first-order valence-corrected chi connectivity index (χ1v) is 11.6. The molecule has 4 aromatic rings. The topological polar surface area (TPSA) is 61.4 Å². The van der Waals surface area contributed by atoms with Crippen LogP contribution in [0, 0.1) is 0 Å². The van der Waals surface area contributed by atoms with Gasteiger partial charge in [0.15, 0.2) is 0 Å². The van der Waals surface area contributed by atoms with Crippen molar-refractivity contribution in [1.82, 2.24) is 5.32 Å². The van der Waals surface area contributed by atoms with Crippen LogP contribution in [0.5, 0.6) is 5.75 Å². The second-order valence-corrected chi connectivity index (χ2v) is 9.32. The Bertz CT molecular complexity index is 1340. The maximum atomic E-state index is 13.6. The first-order chi connectivity index (χ1) is 16.4. The molecule has 5 heteroatoms. The molecule has 0 aliphatic carbocycles. The lowest BCUT2D eigenvalue weighted by Gasteiger charge is -2.32. The van der Waals surface area contributed by atoms with E-state index in [1.165, 1.54) is 0 Å². The molecule has 0 saturated carbocycles. The molecule has 2 atom stereocenters.